The van der Waals surface area contributed by atoms with Gasteiger partial charge in [0.05, 0.1) is 16.9 Å². The van der Waals surface area contributed by atoms with Crippen LogP contribution >= 0.6 is 11.6 Å². The van der Waals surface area contributed by atoms with Crippen molar-refractivity contribution in [3.8, 4) is 0 Å². The smallest absolute Gasteiger partial charge is 0.257 e. The summed E-state index contributed by atoms with van der Waals surface area (Å²) in [6.07, 6.45) is 1.44. The van der Waals surface area contributed by atoms with Gasteiger partial charge in [0, 0.05) is 31.9 Å². The summed E-state index contributed by atoms with van der Waals surface area (Å²) in [6.45, 7) is 2.12. The number of hydrogen-bond donors (Lipinski definition) is 4. The van der Waals surface area contributed by atoms with Crippen LogP contribution in [-0.4, -0.2) is 67.4 Å². The molecule has 2 aromatic rings. The van der Waals surface area contributed by atoms with E-state index >= 15 is 0 Å². The number of rotatable bonds is 8. The van der Waals surface area contributed by atoms with Gasteiger partial charge in [0.2, 0.25) is 5.91 Å². The molecule has 2 unspecified atom stereocenters. The van der Waals surface area contributed by atoms with Crippen molar-refractivity contribution in [3.63, 3.8) is 0 Å². The molecule has 1 saturated heterocycles. The Kier molecular flexibility index (Phi) is 8.03. The van der Waals surface area contributed by atoms with E-state index < -0.39 is 41.3 Å². The van der Waals surface area contributed by atoms with Crippen molar-refractivity contribution in [2.75, 3.05) is 31.5 Å². The van der Waals surface area contributed by atoms with Crippen molar-refractivity contribution in [2.45, 2.75) is 30.6 Å². The van der Waals surface area contributed by atoms with Crippen LogP contribution < -0.4 is 21.7 Å². The molecule has 1 fully saturated rings. The van der Waals surface area contributed by atoms with Crippen molar-refractivity contribution in [3.05, 3.63) is 64.4 Å². The summed E-state index contributed by atoms with van der Waals surface area (Å²) >= 11 is 5.96. The molecule has 0 spiro atoms. The number of nitrogens with zero attached hydrogens (tertiary/aromatic N) is 2. The van der Waals surface area contributed by atoms with Crippen LogP contribution in [0.1, 0.15) is 28.8 Å². The van der Waals surface area contributed by atoms with Gasteiger partial charge in [-0.1, -0.05) is 23.7 Å². The molecule has 196 valence electrons. The number of piperidine rings is 1. The number of carbonyl (C=O) groups excluding carboxylic acids is 3. The maximum Gasteiger partial charge on any atom is 0.257 e. The predicted octanol–water partition coefficient (Wildman–Crippen LogP) is 1.96. The molecule has 2 aliphatic rings. The van der Waals surface area contributed by atoms with Gasteiger partial charge in [-0.15, -0.1) is 0 Å². The van der Waals surface area contributed by atoms with E-state index in [9.17, 15) is 23.2 Å². The maximum atomic E-state index is 13.3. The number of carbonyl (C=O) groups is 3. The lowest BCUT2D eigenvalue weighted by Crippen LogP contribution is -2.60. The highest BCUT2D eigenvalue weighted by molar-refractivity contribution is 6.34. The third kappa shape index (κ3) is 5.72. The number of aliphatic imine (C=N–C) groups is 1. The Labute approximate surface area is 217 Å². The van der Waals surface area contributed by atoms with Crippen LogP contribution in [-0.2, 0) is 15.1 Å². The SMILES string of the molecule is NC(=O)C1(c2ccc(NC(=O)c3ccc(F)cc3Cl)cc2)NC=NC1C(=O)NCCN1CCC(F)CC1. The highest BCUT2D eigenvalue weighted by Gasteiger charge is 2.52. The molecule has 0 aliphatic carbocycles. The topological polar surface area (TPSA) is 129 Å². The fourth-order valence-corrected chi connectivity index (χ4v) is 4.76. The highest BCUT2D eigenvalue weighted by atomic mass is 35.5. The monoisotopic (exact) mass is 532 g/mol. The van der Waals surface area contributed by atoms with Gasteiger partial charge in [-0.25, -0.2) is 8.78 Å². The second-order valence-electron chi connectivity index (χ2n) is 8.96. The van der Waals surface area contributed by atoms with E-state index in [1.807, 2.05) is 0 Å². The van der Waals surface area contributed by atoms with Crippen molar-refractivity contribution >= 4 is 41.3 Å². The lowest BCUT2D eigenvalue weighted by Gasteiger charge is -2.32. The zero-order valence-electron chi connectivity index (χ0n) is 19.8. The number of nitrogens with one attached hydrogen (secondary N) is 3. The Hall–Kier alpha value is -3.57. The number of hydrogen-bond acceptors (Lipinski definition) is 6. The highest BCUT2D eigenvalue weighted by Crippen LogP contribution is 2.31. The third-order valence-electron chi connectivity index (χ3n) is 6.58. The minimum Gasteiger partial charge on any atom is -0.367 e. The first-order valence-electron chi connectivity index (χ1n) is 11.8. The van der Waals surface area contributed by atoms with E-state index in [0.717, 1.165) is 12.1 Å². The van der Waals surface area contributed by atoms with E-state index in [4.69, 9.17) is 17.3 Å². The summed E-state index contributed by atoms with van der Waals surface area (Å²) in [4.78, 5) is 44.4. The molecule has 4 rings (SSSR count). The van der Waals surface area contributed by atoms with Crippen molar-refractivity contribution in [2.24, 2.45) is 10.7 Å². The molecular weight excluding hydrogens is 506 g/mol. The lowest BCUT2D eigenvalue weighted by molar-refractivity contribution is -0.131. The molecule has 2 atom stereocenters. The van der Waals surface area contributed by atoms with Crippen LogP contribution in [0.2, 0.25) is 5.02 Å². The molecule has 9 nitrogen and oxygen atoms in total. The average molecular weight is 533 g/mol. The number of nitrogens with two attached hydrogens (primary N) is 1. The van der Waals surface area contributed by atoms with Gasteiger partial charge < -0.3 is 26.6 Å². The molecule has 37 heavy (non-hydrogen) atoms. The number of amides is 3. The number of benzene rings is 2. The lowest BCUT2D eigenvalue weighted by atomic mass is 9.82. The van der Waals surface area contributed by atoms with Crippen LogP contribution in [0.15, 0.2) is 47.5 Å². The molecule has 5 N–H and O–H groups in total. The molecule has 0 aromatic heterocycles. The van der Waals surface area contributed by atoms with Crippen molar-refractivity contribution < 1.29 is 23.2 Å². The molecule has 2 aliphatic heterocycles. The van der Waals surface area contributed by atoms with E-state index in [1.165, 1.54) is 12.4 Å². The van der Waals surface area contributed by atoms with Crippen LogP contribution in [0.4, 0.5) is 14.5 Å². The zero-order chi connectivity index (χ0) is 26.6. The molecule has 2 aromatic carbocycles. The fourth-order valence-electron chi connectivity index (χ4n) is 4.51. The van der Waals surface area contributed by atoms with E-state index in [0.29, 0.717) is 50.3 Å². The summed E-state index contributed by atoms with van der Waals surface area (Å²) in [5.74, 6) is -2.39. The van der Waals surface area contributed by atoms with Crippen molar-refractivity contribution in [1.82, 2.24) is 15.5 Å². The van der Waals surface area contributed by atoms with E-state index in [-0.39, 0.29) is 10.6 Å². The summed E-state index contributed by atoms with van der Waals surface area (Å²) in [6, 6.07) is 8.47. The fraction of sp³-hybridized carbons (Fsp3) is 0.360. The Morgan fingerprint density at radius 2 is 1.86 bits per heavy atom. The number of likely N-dealkylation sites (tertiary alicyclic amines) is 1. The van der Waals surface area contributed by atoms with Gasteiger partial charge >= 0.3 is 0 Å². The summed E-state index contributed by atoms with van der Waals surface area (Å²) < 4.78 is 26.6. The van der Waals surface area contributed by atoms with Gasteiger partial charge in [-0.05, 0) is 48.7 Å². The van der Waals surface area contributed by atoms with Crippen LogP contribution in [0.5, 0.6) is 0 Å². The first-order valence-corrected chi connectivity index (χ1v) is 12.2. The molecule has 3 amide bonds. The van der Waals surface area contributed by atoms with Gasteiger partial charge in [-0.2, -0.15) is 0 Å². The Bertz CT molecular complexity index is 1200. The second kappa shape index (κ2) is 11.2. The van der Waals surface area contributed by atoms with Gasteiger partial charge in [0.15, 0.2) is 11.6 Å². The zero-order valence-corrected chi connectivity index (χ0v) is 20.6. The van der Waals surface area contributed by atoms with Crippen molar-refractivity contribution in [1.29, 1.82) is 0 Å². The molecule has 0 bridgehead atoms. The van der Waals surface area contributed by atoms with Crippen LogP contribution in [0, 0.1) is 5.82 Å². The first kappa shape index (κ1) is 26.5. The van der Waals surface area contributed by atoms with Gasteiger partial charge in [0.1, 0.15) is 12.0 Å². The molecule has 0 radical (unpaired) electrons. The first-order chi connectivity index (χ1) is 17.7. The number of primary amides is 1. The summed E-state index contributed by atoms with van der Waals surface area (Å²) in [7, 11) is 0. The van der Waals surface area contributed by atoms with Crippen LogP contribution in [0.25, 0.3) is 0 Å². The van der Waals surface area contributed by atoms with Gasteiger partial charge in [0.25, 0.3) is 11.8 Å². The minimum absolute atomic E-state index is 0.0325. The predicted molar refractivity (Wildman–Crippen MR) is 136 cm³/mol. The minimum atomic E-state index is -1.63. The van der Waals surface area contributed by atoms with Crippen LogP contribution in [0.3, 0.4) is 0 Å². The average Bonchev–Trinajstić information content (AvgIpc) is 3.32. The Morgan fingerprint density at radius 1 is 1.16 bits per heavy atom. The number of alkyl halides is 1. The third-order valence-corrected chi connectivity index (χ3v) is 6.89. The second-order valence-corrected chi connectivity index (χ2v) is 9.37. The number of anilines is 1. The van der Waals surface area contributed by atoms with E-state index in [2.05, 4.69) is 25.8 Å². The number of halogens is 3. The quantitative estimate of drug-likeness (QED) is 0.413. The Morgan fingerprint density at radius 3 is 2.51 bits per heavy atom. The largest absolute Gasteiger partial charge is 0.367 e. The summed E-state index contributed by atoms with van der Waals surface area (Å²) in [5, 5.41) is 8.26. The molecule has 0 saturated carbocycles. The summed E-state index contributed by atoms with van der Waals surface area (Å²) in [5.41, 5.74) is 4.98. The molecular formula is C25H27ClF2N6O3. The Balaban J connectivity index is 1.43. The normalized spacial score (nSPS) is 21.9. The standard InChI is InChI=1S/C25H27ClF2N6O3/c26-20-13-17(28)3-6-19(20)22(35)33-18-4-1-15(2-5-18)25(24(29)37)21(31-14-32-25)23(36)30-9-12-34-10-7-16(27)8-11-34/h1-6,13-14,16,21H,7-12H2,(H2,29,37)(H,30,36)(H,31,32)(H,33,35). The molecule has 2 heterocycles. The van der Waals surface area contributed by atoms with Gasteiger partial charge in [-0.3, -0.25) is 19.4 Å². The maximum absolute atomic E-state index is 13.3. The molecule has 12 heteroatoms. The van der Waals surface area contributed by atoms with E-state index in [1.54, 1.807) is 24.3 Å².